The molecule has 0 spiro atoms. The summed E-state index contributed by atoms with van der Waals surface area (Å²) in [7, 11) is 0. The third-order valence-electron chi connectivity index (χ3n) is 2.73. The van der Waals surface area contributed by atoms with Gasteiger partial charge in [-0.25, -0.2) is 0 Å². The zero-order chi connectivity index (χ0) is 11.3. The summed E-state index contributed by atoms with van der Waals surface area (Å²) in [6.45, 7) is 8.38. The van der Waals surface area contributed by atoms with Gasteiger partial charge in [0.1, 0.15) is 0 Å². The highest BCUT2D eigenvalue weighted by molar-refractivity contribution is 5.48. The van der Waals surface area contributed by atoms with Crippen LogP contribution in [0.4, 0.5) is 5.69 Å². The van der Waals surface area contributed by atoms with Crippen LogP contribution < -0.4 is 10.6 Å². The molecule has 2 N–H and O–H groups in total. The van der Waals surface area contributed by atoms with Crippen molar-refractivity contribution in [3.05, 3.63) is 29.8 Å². The van der Waals surface area contributed by atoms with E-state index in [9.17, 15) is 0 Å². The minimum Gasteiger partial charge on any atom is -0.370 e. The van der Waals surface area contributed by atoms with Crippen molar-refractivity contribution in [1.29, 1.82) is 0 Å². The molecule has 1 unspecified atom stereocenters. The van der Waals surface area contributed by atoms with Gasteiger partial charge in [0.2, 0.25) is 0 Å². The number of hydrogen-bond acceptors (Lipinski definition) is 2. The van der Waals surface area contributed by atoms with Crippen LogP contribution in [0.5, 0.6) is 0 Å². The average molecular weight is 206 g/mol. The summed E-state index contributed by atoms with van der Waals surface area (Å²) in [6, 6.07) is 8.86. The third kappa shape index (κ3) is 3.56. The molecule has 0 saturated carbocycles. The Morgan fingerprint density at radius 3 is 2.60 bits per heavy atom. The van der Waals surface area contributed by atoms with Gasteiger partial charge in [0.05, 0.1) is 0 Å². The first-order valence-electron chi connectivity index (χ1n) is 5.74. The second-order valence-corrected chi connectivity index (χ2v) is 4.05. The molecule has 1 atom stereocenters. The van der Waals surface area contributed by atoms with Crippen molar-refractivity contribution >= 4 is 5.69 Å². The molecule has 2 nitrogen and oxygen atoms in total. The molecule has 1 rings (SSSR count). The highest BCUT2D eigenvalue weighted by Gasteiger charge is 2.08. The van der Waals surface area contributed by atoms with E-state index in [0.717, 1.165) is 19.5 Å². The molecule has 0 aromatic heterocycles. The van der Waals surface area contributed by atoms with E-state index in [1.165, 1.54) is 11.3 Å². The first-order chi connectivity index (χ1) is 7.17. The number of hydrogen-bond donors (Lipinski definition) is 1. The Balaban J connectivity index is 2.73. The molecule has 15 heavy (non-hydrogen) atoms. The van der Waals surface area contributed by atoms with Gasteiger partial charge in [0.15, 0.2) is 0 Å². The van der Waals surface area contributed by atoms with E-state index >= 15 is 0 Å². The van der Waals surface area contributed by atoms with E-state index in [1.807, 2.05) is 0 Å². The van der Waals surface area contributed by atoms with Gasteiger partial charge < -0.3 is 10.6 Å². The lowest BCUT2D eigenvalue weighted by molar-refractivity contribution is 0.622. The first kappa shape index (κ1) is 12.1. The Morgan fingerprint density at radius 2 is 2.07 bits per heavy atom. The van der Waals surface area contributed by atoms with Crippen LogP contribution in [-0.2, 0) is 0 Å². The number of aryl methyl sites for hydroxylation is 1. The standard InChI is InChI=1S/C13H22N2/c1-4-12(14)10-15(5-2)13-8-6-7-11(3)9-13/h6-9,12H,4-5,10,14H2,1-3H3. The SMILES string of the molecule is CCC(N)CN(CC)c1cccc(C)c1. The minimum absolute atomic E-state index is 0.269. The predicted molar refractivity (Wildman–Crippen MR) is 67.3 cm³/mol. The van der Waals surface area contributed by atoms with Crippen LogP contribution in [0.3, 0.4) is 0 Å². The Hall–Kier alpha value is -1.02. The van der Waals surface area contributed by atoms with Gasteiger partial charge in [-0.05, 0) is 38.0 Å². The first-order valence-corrected chi connectivity index (χ1v) is 5.74. The van der Waals surface area contributed by atoms with Crippen molar-refractivity contribution in [2.45, 2.75) is 33.2 Å². The fourth-order valence-electron chi connectivity index (χ4n) is 1.65. The molecule has 0 radical (unpaired) electrons. The molecule has 84 valence electrons. The van der Waals surface area contributed by atoms with Crippen LogP contribution in [0.15, 0.2) is 24.3 Å². The second-order valence-electron chi connectivity index (χ2n) is 4.05. The van der Waals surface area contributed by atoms with Crippen molar-refractivity contribution in [1.82, 2.24) is 0 Å². The number of benzene rings is 1. The largest absolute Gasteiger partial charge is 0.370 e. The molecule has 0 aliphatic carbocycles. The summed E-state index contributed by atoms with van der Waals surface area (Å²) in [6.07, 6.45) is 1.03. The van der Waals surface area contributed by atoms with Crippen molar-refractivity contribution in [3.63, 3.8) is 0 Å². The number of nitrogens with two attached hydrogens (primary N) is 1. The molecule has 2 heteroatoms. The van der Waals surface area contributed by atoms with Gasteiger partial charge in [0.25, 0.3) is 0 Å². The second kappa shape index (κ2) is 5.76. The molecule has 0 amide bonds. The van der Waals surface area contributed by atoms with Crippen molar-refractivity contribution in [2.75, 3.05) is 18.0 Å². The maximum absolute atomic E-state index is 5.98. The Morgan fingerprint density at radius 1 is 1.33 bits per heavy atom. The highest BCUT2D eigenvalue weighted by atomic mass is 15.1. The quantitative estimate of drug-likeness (QED) is 0.802. The van der Waals surface area contributed by atoms with E-state index in [0.29, 0.717) is 0 Å². The van der Waals surface area contributed by atoms with Crippen LogP contribution in [0.25, 0.3) is 0 Å². The van der Waals surface area contributed by atoms with Crippen LogP contribution in [0, 0.1) is 6.92 Å². The van der Waals surface area contributed by atoms with Crippen LogP contribution in [0.1, 0.15) is 25.8 Å². The van der Waals surface area contributed by atoms with Gasteiger partial charge in [-0.2, -0.15) is 0 Å². The monoisotopic (exact) mass is 206 g/mol. The molecule has 0 heterocycles. The normalized spacial score (nSPS) is 12.5. The van der Waals surface area contributed by atoms with Gasteiger partial charge >= 0.3 is 0 Å². The molecular formula is C13H22N2. The average Bonchev–Trinajstić information content (AvgIpc) is 2.25. The number of nitrogens with zero attached hydrogens (tertiary/aromatic N) is 1. The fraction of sp³-hybridized carbons (Fsp3) is 0.538. The Kier molecular flexibility index (Phi) is 4.63. The fourth-order valence-corrected chi connectivity index (χ4v) is 1.65. The maximum atomic E-state index is 5.98. The van der Waals surface area contributed by atoms with E-state index in [-0.39, 0.29) is 6.04 Å². The summed E-state index contributed by atoms with van der Waals surface area (Å²) in [5.41, 5.74) is 8.56. The molecular weight excluding hydrogens is 184 g/mol. The van der Waals surface area contributed by atoms with Crippen molar-refractivity contribution in [2.24, 2.45) is 5.73 Å². The molecule has 1 aromatic rings. The number of anilines is 1. The summed E-state index contributed by atoms with van der Waals surface area (Å²) in [4.78, 5) is 2.33. The van der Waals surface area contributed by atoms with E-state index in [4.69, 9.17) is 5.73 Å². The van der Waals surface area contributed by atoms with Gasteiger partial charge in [-0.1, -0.05) is 19.1 Å². The van der Waals surface area contributed by atoms with Gasteiger partial charge in [0, 0.05) is 24.8 Å². The van der Waals surface area contributed by atoms with Gasteiger partial charge in [-0.3, -0.25) is 0 Å². The Labute approximate surface area is 93.1 Å². The summed E-state index contributed by atoms with van der Waals surface area (Å²) in [5, 5.41) is 0. The topological polar surface area (TPSA) is 29.3 Å². The zero-order valence-electron chi connectivity index (χ0n) is 10.0. The third-order valence-corrected chi connectivity index (χ3v) is 2.73. The summed E-state index contributed by atoms with van der Waals surface area (Å²) < 4.78 is 0. The van der Waals surface area contributed by atoms with E-state index < -0.39 is 0 Å². The lowest BCUT2D eigenvalue weighted by Crippen LogP contribution is -2.37. The van der Waals surface area contributed by atoms with Crippen LogP contribution >= 0.6 is 0 Å². The van der Waals surface area contributed by atoms with Crippen molar-refractivity contribution in [3.8, 4) is 0 Å². The lowest BCUT2D eigenvalue weighted by atomic mass is 10.1. The van der Waals surface area contributed by atoms with Crippen molar-refractivity contribution < 1.29 is 0 Å². The summed E-state index contributed by atoms with van der Waals surface area (Å²) >= 11 is 0. The zero-order valence-corrected chi connectivity index (χ0v) is 10.0. The maximum Gasteiger partial charge on any atom is 0.0369 e. The highest BCUT2D eigenvalue weighted by Crippen LogP contribution is 2.15. The molecule has 0 bridgehead atoms. The summed E-state index contributed by atoms with van der Waals surface area (Å²) in [5.74, 6) is 0. The number of rotatable bonds is 5. The molecule has 0 aliphatic heterocycles. The van der Waals surface area contributed by atoms with Crippen LogP contribution in [0.2, 0.25) is 0 Å². The van der Waals surface area contributed by atoms with Gasteiger partial charge in [-0.15, -0.1) is 0 Å². The van der Waals surface area contributed by atoms with E-state index in [1.54, 1.807) is 0 Å². The predicted octanol–water partition coefficient (Wildman–Crippen LogP) is 2.56. The minimum atomic E-state index is 0.269. The molecule has 0 aliphatic rings. The Bertz CT molecular complexity index is 296. The number of likely N-dealkylation sites (N-methyl/N-ethyl adjacent to an activating group) is 1. The smallest absolute Gasteiger partial charge is 0.0369 e. The lowest BCUT2D eigenvalue weighted by Gasteiger charge is -2.26. The van der Waals surface area contributed by atoms with Crippen LogP contribution in [-0.4, -0.2) is 19.1 Å². The molecule has 0 saturated heterocycles. The molecule has 0 fully saturated rings. The van der Waals surface area contributed by atoms with E-state index in [2.05, 4.69) is 49.9 Å². The molecule has 1 aromatic carbocycles.